The Morgan fingerprint density at radius 1 is 1.50 bits per heavy atom. The summed E-state index contributed by atoms with van der Waals surface area (Å²) in [4.78, 5) is 3.80. The quantitative estimate of drug-likeness (QED) is 0.787. The fourth-order valence-corrected chi connectivity index (χ4v) is 1.75. The SMILES string of the molecule is C=CCC(NCCC)c1cnccc1C(F)(F)F. The van der Waals surface area contributed by atoms with E-state index in [-0.39, 0.29) is 5.56 Å². The van der Waals surface area contributed by atoms with Crippen LogP contribution in [0.15, 0.2) is 31.1 Å². The first-order chi connectivity index (χ1) is 8.50. The molecule has 0 aromatic carbocycles. The van der Waals surface area contributed by atoms with Gasteiger partial charge in [0.15, 0.2) is 0 Å². The third kappa shape index (κ3) is 3.84. The molecule has 0 saturated carbocycles. The van der Waals surface area contributed by atoms with E-state index in [2.05, 4.69) is 16.9 Å². The van der Waals surface area contributed by atoms with Gasteiger partial charge < -0.3 is 5.32 Å². The van der Waals surface area contributed by atoms with Crippen molar-refractivity contribution in [3.63, 3.8) is 0 Å². The van der Waals surface area contributed by atoms with Crippen LogP contribution in [0.3, 0.4) is 0 Å². The van der Waals surface area contributed by atoms with Gasteiger partial charge in [0.05, 0.1) is 5.56 Å². The molecule has 0 saturated heterocycles. The normalized spacial score (nSPS) is 13.3. The van der Waals surface area contributed by atoms with Gasteiger partial charge in [-0.3, -0.25) is 4.98 Å². The summed E-state index contributed by atoms with van der Waals surface area (Å²) in [7, 11) is 0. The monoisotopic (exact) mass is 258 g/mol. The minimum atomic E-state index is -4.36. The first kappa shape index (κ1) is 14.7. The molecule has 1 N–H and O–H groups in total. The summed E-state index contributed by atoms with van der Waals surface area (Å²) in [5.41, 5.74) is -0.452. The van der Waals surface area contributed by atoms with Crippen molar-refractivity contribution in [3.05, 3.63) is 42.2 Å². The van der Waals surface area contributed by atoms with Gasteiger partial charge in [0.1, 0.15) is 0 Å². The summed E-state index contributed by atoms with van der Waals surface area (Å²) in [6.07, 6.45) is 0.993. The molecule has 0 aliphatic carbocycles. The van der Waals surface area contributed by atoms with Gasteiger partial charge in [0.2, 0.25) is 0 Å². The number of hydrogen-bond acceptors (Lipinski definition) is 2. The molecule has 1 aromatic rings. The smallest absolute Gasteiger partial charge is 0.310 e. The number of nitrogens with zero attached hydrogens (tertiary/aromatic N) is 1. The summed E-state index contributed by atoms with van der Waals surface area (Å²) < 4.78 is 38.7. The Labute approximate surface area is 105 Å². The van der Waals surface area contributed by atoms with Gasteiger partial charge in [-0.2, -0.15) is 13.2 Å². The maximum atomic E-state index is 12.9. The predicted molar refractivity (Wildman–Crippen MR) is 65.1 cm³/mol. The second kappa shape index (κ2) is 6.54. The van der Waals surface area contributed by atoms with Gasteiger partial charge in [-0.05, 0) is 31.0 Å². The Hall–Kier alpha value is -1.36. The van der Waals surface area contributed by atoms with E-state index < -0.39 is 17.8 Å². The summed E-state index contributed by atoms with van der Waals surface area (Å²) in [6, 6.07) is 0.617. The Kier molecular flexibility index (Phi) is 5.34. The van der Waals surface area contributed by atoms with Gasteiger partial charge in [-0.15, -0.1) is 6.58 Å². The fourth-order valence-electron chi connectivity index (χ4n) is 1.75. The van der Waals surface area contributed by atoms with Crippen molar-refractivity contribution in [2.75, 3.05) is 6.54 Å². The molecule has 100 valence electrons. The van der Waals surface area contributed by atoms with Crippen molar-refractivity contribution in [2.24, 2.45) is 0 Å². The van der Waals surface area contributed by atoms with E-state index in [1.54, 1.807) is 6.08 Å². The van der Waals surface area contributed by atoms with Crippen LogP contribution in [0.25, 0.3) is 0 Å². The minimum Gasteiger partial charge on any atom is -0.310 e. The van der Waals surface area contributed by atoms with Crippen LogP contribution in [0.2, 0.25) is 0 Å². The number of aromatic nitrogens is 1. The second-order valence-electron chi connectivity index (χ2n) is 3.99. The molecule has 1 atom stereocenters. The van der Waals surface area contributed by atoms with Gasteiger partial charge in [0, 0.05) is 18.4 Å². The summed E-state index contributed by atoms with van der Waals surface area (Å²) in [5.74, 6) is 0. The van der Waals surface area contributed by atoms with Crippen LogP contribution in [-0.4, -0.2) is 11.5 Å². The van der Waals surface area contributed by atoms with Crippen molar-refractivity contribution >= 4 is 0 Å². The van der Waals surface area contributed by atoms with E-state index in [4.69, 9.17) is 0 Å². The lowest BCUT2D eigenvalue weighted by Crippen LogP contribution is -2.24. The van der Waals surface area contributed by atoms with Crippen LogP contribution in [0.1, 0.15) is 36.9 Å². The molecule has 1 rings (SSSR count). The second-order valence-corrected chi connectivity index (χ2v) is 3.99. The van der Waals surface area contributed by atoms with Crippen LogP contribution in [0.5, 0.6) is 0 Å². The molecular formula is C13H17F3N2. The highest BCUT2D eigenvalue weighted by molar-refractivity contribution is 5.29. The van der Waals surface area contributed by atoms with Crippen molar-refractivity contribution in [1.82, 2.24) is 10.3 Å². The predicted octanol–water partition coefficient (Wildman–Crippen LogP) is 3.72. The van der Waals surface area contributed by atoms with Crippen molar-refractivity contribution in [3.8, 4) is 0 Å². The minimum absolute atomic E-state index is 0.179. The molecule has 1 heterocycles. The molecule has 18 heavy (non-hydrogen) atoms. The zero-order valence-corrected chi connectivity index (χ0v) is 10.3. The zero-order valence-electron chi connectivity index (χ0n) is 10.3. The number of nitrogens with one attached hydrogen (secondary N) is 1. The molecule has 0 aliphatic rings. The summed E-state index contributed by atoms with van der Waals surface area (Å²) in [5, 5.41) is 3.09. The van der Waals surface area contributed by atoms with Crippen molar-refractivity contribution in [2.45, 2.75) is 32.0 Å². The third-order valence-electron chi connectivity index (χ3n) is 2.58. The van der Waals surface area contributed by atoms with Gasteiger partial charge in [-0.25, -0.2) is 0 Å². The molecule has 0 amide bonds. The topological polar surface area (TPSA) is 24.9 Å². The molecule has 2 nitrogen and oxygen atoms in total. The molecule has 5 heteroatoms. The number of rotatable bonds is 6. The summed E-state index contributed by atoms with van der Waals surface area (Å²) in [6.45, 7) is 6.21. The van der Waals surface area contributed by atoms with E-state index in [0.717, 1.165) is 18.7 Å². The van der Waals surface area contributed by atoms with Crippen LogP contribution < -0.4 is 5.32 Å². The first-order valence-corrected chi connectivity index (χ1v) is 5.86. The largest absolute Gasteiger partial charge is 0.416 e. The van der Waals surface area contributed by atoms with E-state index in [1.807, 2.05) is 6.92 Å². The summed E-state index contributed by atoms with van der Waals surface area (Å²) >= 11 is 0. The third-order valence-corrected chi connectivity index (χ3v) is 2.58. The molecule has 0 fully saturated rings. The lowest BCUT2D eigenvalue weighted by Gasteiger charge is -2.21. The molecule has 0 radical (unpaired) electrons. The lowest BCUT2D eigenvalue weighted by atomic mass is 9.99. The molecule has 0 spiro atoms. The number of hydrogen-bond donors (Lipinski definition) is 1. The highest BCUT2D eigenvalue weighted by Gasteiger charge is 2.34. The Morgan fingerprint density at radius 3 is 2.78 bits per heavy atom. The zero-order chi connectivity index (χ0) is 13.6. The standard InChI is InChI=1S/C13H17F3N2/c1-3-5-12(18-7-4-2)10-9-17-8-6-11(10)13(14,15)16/h3,6,8-9,12,18H,1,4-5,7H2,2H3. The van der Waals surface area contributed by atoms with E-state index in [1.165, 1.54) is 6.20 Å². The Balaban J connectivity index is 3.06. The number of pyridine rings is 1. The van der Waals surface area contributed by atoms with Crippen molar-refractivity contribution in [1.29, 1.82) is 0 Å². The highest BCUT2D eigenvalue weighted by Crippen LogP contribution is 2.34. The van der Waals surface area contributed by atoms with Crippen molar-refractivity contribution < 1.29 is 13.2 Å². The molecule has 0 aliphatic heterocycles. The van der Waals surface area contributed by atoms with E-state index in [9.17, 15) is 13.2 Å². The van der Waals surface area contributed by atoms with Gasteiger partial charge in [0.25, 0.3) is 0 Å². The number of alkyl halides is 3. The molecule has 1 aromatic heterocycles. The van der Waals surface area contributed by atoms with E-state index in [0.29, 0.717) is 13.0 Å². The van der Waals surface area contributed by atoms with Crippen LogP contribution in [0, 0.1) is 0 Å². The highest BCUT2D eigenvalue weighted by atomic mass is 19.4. The van der Waals surface area contributed by atoms with Crippen LogP contribution >= 0.6 is 0 Å². The van der Waals surface area contributed by atoms with Gasteiger partial charge in [-0.1, -0.05) is 13.0 Å². The maximum Gasteiger partial charge on any atom is 0.416 e. The molecular weight excluding hydrogens is 241 g/mol. The average Bonchev–Trinajstić information content (AvgIpc) is 2.33. The van der Waals surface area contributed by atoms with Crippen LogP contribution in [-0.2, 0) is 6.18 Å². The maximum absolute atomic E-state index is 12.9. The van der Waals surface area contributed by atoms with E-state index >= 15 is 0 Å². The Bertz CT molecular complexity index is 388. The molecule has 1 unspecified atom stereocenters. The lowest BCUT2D eigenvalue weighted by molar-refractivity contribution is -0.138. The van der Waals surface area contributed by atoms with Gasteiger partial charge >= 0.3 is 6.18 Å². The first-order valence-electron chi connectivity index (χ1n) is 5.86. The number of halogens is 3. The average molecular weight is 258 g/mol. The molecule has 0 bridgehead atoms. The fraction of sp³-hybridized carbons (Fsp3) is 0.462. The Morgan fingerprint density at radius 2 is 2.22 bits per heavy atom. The van der Waals surface area contributed by atoms with Crippen LogP contribution in [0.4, 0.5) is 13.2 Å².